The molecule has 4 heteroatoms. The molecular formula is C15H27NO3. The van der Waals surface area contributed by atoms with Crippen molar-refractivity contribution < 1.29 is 14.3 Å². The Morgan fingerprint density at radius 3 is 2.63 bits per heavy atom. The molecule has 1 rings (SSSR count). The molecular weight excluding hydrogens is 242 g/mol. The highest BCUT2D eigenvalue weighted by Gasteiger charge is 2.23. The van der Waals surface area contributed by atoms with Gasteiger partial charge in [0.1, 0.15) is 5.78 Å². The molecule has 4 nitrogen and oxygen atoms in total. The van der Waals surface area contributed by atoms with Gasteiger partial charge in [0.15, 0.2) is 0 Å². The molecule has 0 spiro atoms. The van der Waals surface area contributed by atoms with Crippen molar-refractivity contribution in [2.24, 2.45) is 5.92 Å². The van der Waals surface area contributed by atoms with Gasteiger partial charge in [-0.1, -0.05) is 19.8 Å². The normalized spacial score (nSPS) is 23.4. The van der Waals surface area contributed by atoms with Crippen molar-refractivity contribution in [2.45, 2.75) is 58.4 Å². The summed E-state index contributed by atoms with van der Waals surface area (Å²) >= 11 is 0. The van der Waals surface area contributed by atoms with Crippen LogP contribution >= 0.6 is 0 Å². The molecule has 0 aromatic rings. The van der Waals surface area contributed by atoms with Gasteiger partial charge in [-0.2, -0.15) is 0 Å². The van der Waals surface area contributed by atoms with Gasteiger partial charge in [-0.25, -0.2) is 0 Å². The Balaban J connectivity index is 2.25. The van der Waals surface area contributed by atoms with Crippen LogP contribution in [0.2, 0.25) is 0 Å². The highest BCUT2D eigenvalue weighted by Crippen LogP contribution is 2.26. The monoisotopic (exact) mass is 269 g/mol. The molecule has 0 aromatic carbocycles. The van der Waals surface area contributed by atoms with E-state index in [0.29, 0.717) is 25.6 Å². The Morgan fingerprint density at radius 2 is 2.00 bits per heavy atom. The maximum absolute atomic E-state index is 11.8. The van der Waals surface area contributed by atoms with Crippen LogP contribution in [-0.2, 0) is 14.3 Å². The van der Waals surface area contributed by atoms with E-state index in [2.05, 4.69) is 11.8 Å². The second-order valence-electron chi connectivity index (χ2n) is 5.68. The number of hydrogen-bond donors (Lipinski definition) is 0. The Bertz CT molecular complexity index is 304. The first-order valence-corrected chi connectivity index (χ1v) is 7.40. The molecule has 0 saturated heterocycles. The number of esters is 1. The summed E-state index contributed by atoms with van der Waals surface area (Å²) in [5.41, 5.74) is 0. The van der Waals surface area contributed by atoms with Gasteiger partial charge in [0.2, 0.25) is 0 Å². The fourth-order valence-corrected chi connectivity index (χ4v) is 2.76. The maximum atomic E-state index is 11.8. The standard InChI is InChI=1S/C15H27NO3/c1-4-19-15(18)9-8-14(17)11-16(3)13-7-5-6-12(2)10-13/h12-13H,4-11H2,1-3H3. The second kappa shape index (κ2) is 8.31. The Hall–Kier alpha value is -0.900. The van der Waals surface area contributed by atoms with Crippen molar-refractivity contribution in [3.8, 4) is 0 Å². The summed E-state index contributed by atoms with van der Waals surface area (Å²) in [5, 5.41) is 0. The molecule has 0 bridgehead atoms. The van der Waals surface area contributed by atoms with Crippen molar-refractivity contribution in [3.05, 3.63) is 0 Å². The van der Waals surface area contributed by atoms with Gasteiger partial charge < -0.3 is 4.74 Å². The van der Waals surface area contributed by atoms with Crippen LogP contribution in [-0.4, -0.2) is 42.9 Å². The third-order valence-electron chi connectivity index (χ3n) is 3.87. The molecule has 1 fully saturated rings. The summed E-state index contributed by atoms with van der Waals surface area (Å²) in [6, 6.07) is 0.523. The number of hydrogen-bond acceptors (Lipinski definition) is 4. The summed E-state index contributed by atoms with van der Waals surface area (Å²) in [4.78, 5) is 25.2. The van der Waals surface area contributed by atoms with E-state index in [4.69, 9.17) is 4.74 Å². The van der Waals surface area contributed by atoms with E-state index in [9.17, 15) is 9.59 Å². The largest absolute Gasteiger partial charge is 0.466 e. The van der Waals surface area contributed by atoms with Crippen LogP contribution in [0.5, 0.6) is 0 Å². The van der Waals surface area contributed by atoms with Crippen LogP contribution in [0.25, 0.3) is 0 Å². The molecule has 0 amide bonds. The number of rotatable bonds is 7. The summed E-state index contributed by atoms with van der Waals surface area (Å²) in [6.45, 7) is 4.89. The lowest BCUT2D eigenvalue weighted by molar-refractivity contribution is -0.144. The van der Waals surface area contributed by atoms with Crippen LogP contribution in [0, 0.1) is 5.92 Å². The molecule has 2 unspecified atom stereocenters. The number of ether oxygens (including phenoxy) is 1. The molecule has 0 aliphatic heterocycles. The van der Waals surface area contributed by atoms with Crippen molar-refractivity contribution in [2.75, 3.05) is 20.2 Å². The molecule has 0 heterocycles. The van der Waals surface area contributed by atoms with Crippen LogP contribution in [0.1, 0.15) is 52.4 Å². The minimum atomic E-state index is -0.273. The first kappa shape index (κ1) is 16.2. The third-order valence-corrected chi connectivity index (χ3v) is 3.87. The average Bonchev–Trinajstić information content (AvgIpc) is 2.36. The minimum absolute atomic E-state index is 0.133. The summed E-state index contributed by atoms with van der Waals surface area (Å²) in [6.07, 6.45) is 5.44. The first-order valence-electron chi connectivity index (χ1n) is 7.40. The lowest BCUT2D eigenvalue weighted by Gasteiger charge is -2.33. The number of nitrogens with zero attached hydrogens (tertiary/aromatic N) is 1. The SMILES string of the molecule is CCOC(=O)CCC(=O)CN(C)C1CCCC(C)C1. The van der Waals surface area contributed by atoms with Crippen LogP contribution < -0.4 is 0 Å². The lowest BCUT2D eigenvalue weighted by Crippen LogP contribution is -2.38. The Morgan fingerprint density at radius 1 is 1.26 bits per heavy atom. The predicted octanol–water partition coefficient (Wildman–Crippen LogP) is 2.41. The molecule has 0 aromatic heterocycles. The molecule has 2 atom stereocenters. The topological polar surface area (TPSA) is 46.6 Å². The predicted molar refractivity (Wildman–Crippen MR) is 74.9 cm³/mol. The molecule has 0 N–H and O–H groups in total. The second-order valence-corrected chi connectivity index (χ2v) is 5.68. The fourth-order valence-electron chi connectivity index (χ4n) is 2.76. The molecule has 1 saturated carbocycles. The fraction of sp³-hybridized carbons (Fsp3) is 0.867. The lowest BCUT2D eigenvalue weighted by atomic mass is 9.86. The third kappa shape index (κ3) is 6.19. The zero-order valence-electron chi connectivity index (χ0n) is 12.5. The number of carbonyl (C=O) groups excluding carboxylic acids is 2. The highest BCUT2D eigenvalue weighted by atomic mass is 16.5. The maximum Gasteiger partial charge on any atom is 0.306 e. The van der Waals surface area contributed by atoms with Gasteiger partial charge in [-0.05, 0) is 32.7 Å². The quantitative estimate of drug-likeness (QED) is 0.666. The summed E-state index contributed by atoms with van der Waals surface area (Å²) in [7, 11) is 2.02. The number of ketones is 1. The van der Waals surface area contributed by atoms with Crippen LogP contribution in [0.4, 0.5) is 0 Å². The molecule has 19 heavy (non-hydrogen) atoms. The number of likely N-dealkylation sites (N-methyl/N-ethyl adjacent to an activating group) is 1. The molecule has 110 valence electrons. The molecule has 1 aliphatic carbocycles. The van der Waals surface area contributed by atoms with Gasteiger partial charge in [-0.3, -0.25) is 14.5 Å². The minimum Gasteiger partial charge on any atom is -0.466 e. The van der Waals surface area contributed by atoms with E-state index >= 15 is 0 Å². The summed E-state index contributed by atoms with van der Waals surface area (Å²) in [5.74, 6) is 0.620. The molecule has 1 aliphatic rings. The number of Topliss-reactive ketones (excluding diaryl/α,β-unsaturated/α-hetero) is 1. The van der Waals surface area contributed by atoms with E-state index in [1.54, 1.807) is 6.92 Å². The van der Waals surface area contributed by atoms with Gasteiger partial charge in [0, 0.05) is 12.5 Å². The van der Waals surface area contributed by atoms with Crippen molar-refractivity contribution in [3.63, 3.8) is 0 Å². The van der Waals surface area contributed by atoms with E-state index < -0.39 is 0 Å². The first-order chi connectivity index (χ1) is 9.02. The van der Waals surface area contributed by atoms with Gasteiger partial charge in [0.05, 0.1) is 19.6 Å². The van der Waals surface area contributed by atoms with Gasteiger partial charge in [-0.15, -0.1) is 0 Å². The van der Waals surface area contributed by atoms with Crippen LogP contribution in [0.15, 0.2) is 0 Å². The zero-order valence-corrected chi connectivity index (χ0v) is 12.5. The van der Waals surface area contributed by atoms with Crippen molar-refractivity contribution in [1.82, 2.24) is 4.90 Å². The van der Waals surface area contributed by atoms with Crippen molar-refractivity contribution in [1.29, 1.82) is 0 Å². The van der Waals surface area contributed by atoms with Crippen LogP contribution in [0.3, 0.4) is 0 Å². The molecule has 0 radical (unpaired) electrons. The average molecular weight is 269 g/mol. The summed E-state index contributed by atoms with van der Waals surface area (Å²) < 4.78 is 4.82. The smallest absolute Gasteiger partial charge is 0.306 e. The van der Waals surface area contributed by atoms with Gasteiger partial charge in [0.25, 0.3) is 0 Å². The number of carbonyl (C=O) groups is 2. The highest BCUT2D eigenvalue weighted by molar-refractivity contribution is 5.84. The van der Waals surface area contributed by atoms with E-state index in [-0.39, 0.29) is 18.2 Å². The van der Waals surface area contributed by atoms with E-state index in [1.165, 1.54) is 25.7 Å². The Labute approximate surface area is 116 Å². The van der Waals surface area contributed by atoms with Gasteiger partial charge >= 0.3 is 5.97 Å². The van der Waals surface area contributed by atoms with E-state index in [0.717, 1.165) is 5.92 Å². The van der Waals surface area contributed by atoms with E-state index in [1.807, 2.05) is 7.05 Å². The zero-order chi connectivity index (χ0) is 14.3. The van der Waals surface area contributed by atoms with Crippen molar-refractivity contribution >= 4 is 11.8 Å². The Kier molecular flexibility index (Phi) is 7.06.